The third-order valence-electron chi connectivity index (χ3n) is 3.69. The van der Waals surface area contributed by atoms with Gasteiger partial charge in [-0.15, -0.1) is 0 Å². The molecule has 0 aromatic rings. The van der Waals surface area contributed by atoms with Crippen molar-refractivity contribution >= 4 is 11.7 Å². The van der Waals surface area contributed by atoms with Gasteiger partial charge in [0.25, 0.3) is 0 Å². The summed E-state index contributed by atoms with van der Waals surface area (Å²) in [6.07, 6.45) is 3.93. The Morgan fingerprint density at radius 1 is 1.45 bits per heavy atom. The molecule has 0 radical (unpaired) electrons. The van der Waals surface area contributed by atoms with Crippen molar-refractivity contribution in [3.63, 3.8) is 0 Å². The second kappa shape index (κ2) is 8.09. The zero-order valence-electron chi connectivity index (χ0n) is 12.5. The molecule has 1 rings (SSSR count). The SMILES string of the molecule is CC(C)COCCCNC(=O)C1(C(N)=NO)CCCC1. The highest BCUT2D eigenvalue weighted by molar-refractivity contribution is 6.07. The van der Waals surface area contributed by atoms with Crippen molar-refractivity contribution in [3.8, 4) is 0 Å². The molecule has 0 aromatic heterocycles. The molecule has 6 heteroatoms. The van der Waals surface area contributed by atoms with Crippen LogP contribution in [0.3, 0.4) is 0 Å². The smallest absolute Gasteiger partial charge is 0.233 e. The Kier molecular flexibility index (Phi) is 6.78. The first-order chi connectivity index (χ1) is 9.53. The largest absolute Gasteiger partial charge is 0.409 e. The summed E-state index contributed by atoms with van der Waals surface area (Å²) in [6, 6.07) is 0. The number of ether oxygens (including phenoxy) is 1. The second-order valence-corrected chi connectivity index (χ2v) is 5.85. The molecule has 1 saturated carbocycles. The van der Waals surface area contributed by atoms with E-state index in [1.165, 1.54) is 0 Å². The Morgan fingerprint density at radius 3 is 2.65 bits per heavy atom. The molecule has 0 aromatic carbocycles. The van der Waals surface area contributed by atoms with Crippen LogP contribution in [0.25, 0.3) is 0 Å². The van der Waals surface area contributed by atoms with Crippen molar-refractivity contribution in [1.29, 1.82) is 0 Å². The van der Waals surface area contributed by atoms with Crippen LogP contribution < -0.4 is 11.1 Å². The summed E-state index contributed by atoms with van der Waals surface area (Å²) in [5, 5.41) is 14.8. The first-order valence-corrected chi connectivity index (χ1v) is 7.37. The van der Waals surface area contributed by atoms with Crippen molar-refractivity contribution < 1.29 is 14.7 Å². The molecule has 6 nitrogen and oxygen atoms in total. The number of rotatable bonds is 8. The highest BCUT2D eigenvalue weighted by atomic mass is 16.5. The molecule has 1 aliphatic rings. The predicted octanol–water partition coefficient (Wildman–Crippen LogP) is 1.47. The van der Waals surface area contributed by atoms with Gasteiger partial charge in [-0.3, -0.25) is 4.79 Å². The fourth-order valence-electron chi connectivity index (χ4n) is 2.54. The van der Waals surface area contributed by atoms with Crippen molar-refractivity contribution in [2.24, 2.45) is 22.2 Å². The highest BCUT2D eigenvalue weighted by Crippen LogP contribution is 2.38. The Bertz CT molecular complexity index is 337. The monoisotopic (exact) mass is 285 g/mol. The molecule has 0 unspecified atom stereocenters. The van der Waals surface area contributed by atoms with E-state index >= 15 is 0 Å². The molecule has 1 aliphatic carbocycles. The summed E-state index contributed by atoms with van der Waals surface area (Å²) >= 11 is 0. The maximum absolute atomic E-state index is 12.3. The Balaban J connectivity index is 2.33. The van der Waals surface area contributed by atoms with Crippen LogP contribution in [-0.2, 0) is 9.53 Å². The number of oxime groups is 1. The van der Waals surface area contributed by atoms with E-state index in [2.05, 4.69) is 24.3 Å². The molecule has 0 spiro atoms. The van der Waals surface area contributed by atoms with Gasteiger partial charge in [-0.1, -0.05) is 31.8 Å². The molecular formula is C14H27N3O3. The quantitative estimate of drug-likeness (QED) is 0.207. The zero-order valence-corrected chi connectivity index (χ0v) is 12.5. The zero-order chi connectivity index (χ0) is 15.0. The van der Waals surface area contributed by atoms with Crippen LogP contribution in [0.5, 0.6) is 0 Å². The molecule has 0 aliphatic heterocycles. The van der Waals surface area contributed by atoms with Gasteiger partial charge in [-0.2, -0.15) is 0 Å². The lowest BCUT2D eigenvalue weighted by Crippen LogP contribution is -2.48. The Labute approximate surface area is 120 Å². The lowest BCUT2D eigenvalue weighted by Gasteiger charge is -2.25. The number of amidine groups is 1. The van der Waals surface area contributed by atoms with Gasteiger partial charge in [-0.05, 0) is 25.2 Å². The summed E-state index contributed by atoms with van der Waals surface area (Å²) in [5.74, 6) is 0.421. The van der Waals surface area contributed by atoms with Crippen molar-refractivity contribution in [2.75, 3.05) is 19.8 Å². The number of carbonyl (C=O) groups excluding carboxylic acids is 1. The van der Waals surface area contributed by atoms with Gasteiger partial charge in [0.1, 0.15) is 5.41 Å². The molecule has 116 valence electrons. The topological polar surface area (TPSA) is 96.9 Å². The van der Waals surface area contributed by atoms with E-state index in [1.54, 1.807) is 0 Å². The molecule has 0 atom stereocenters. The van der Waals surface area contributed by atoms with Gasteiger partial charge < -0.3 is 21.0 Å². The van der Waals surface area contributed by atoms with E-state index in [4.69, 9.17) is 15.7 Å². The summed E-state index contributed by atoms with van der Waals surface area (Å²) in [4.78, 5) is 12.3. The number of hydrogen-bond donors (Lipinski definition) is 3. The van der Waals surface area contributed by atoms with E-state index in [1.807, 2.05) is 0 Å². The van der Waals surface area contributed by atoms with Crippen molar-refractivity contribution in [1.82, 2.24) is 5.32 Å². The van der Waals surface area contributed by atoms with Gasteiger partial charge in [0.15, 0.2) is 5.84 Å². The fraction of sp³-hybridized carbons (Fsp3) is 0.857. The minimum atomic E-state index is -0.812. The summed E-state index contributed by atoms with van der Waals surface area (Å²) in [6.45, 7) is 6.12. The molecule has 20 heavy (non-hydrogen) atoms. The maximum Gasteiger partial charge on any atom is 0.233 e. The van der Waals surface area contributed by atoms with Crippen LogP contribution in [0.2, 0.25) is 0 Å². The Morgan fingerprint density at radius 2 is 2.10 bits per heavy atom. The van der Waals surface area contributed by atoms with Crippen LogP contribution >= 0.6 is 0 Å². The van der Waals surface area contributed by atoms with E-state index < -0.39 is 5.41 Å². The van der Waals surface area contributed by atoms with Crippen LogP contribution in [-0.4, -0.2) is 36.7 Å². The van der Waals surface area contributed by atoms with E-state index in [0.717, 1.165) is 25.9 Å². The molecule has 1 fully saturated rings. The summed E-state index contributed by atoms with van der Waals surface area (Å²) in [7, 11) is 0. The first kappa shape index (κ1) is 16.8. The van der Waals surface area contributed by atoms with Gasteiger partial charge in [0.05, 0.1) is 0 Å². The molecule has 0 saturated heterocycles. The number of carbonyl (C=O) groups is 1. The van der Waals surface area contributed by atoms with Gasteiger partial charge in [0.2, 0.25) is 5.91 Å². The predicted molar refractivity (Wildman–Crippen MR) is 77.6 cm³/mol. The molecule has 4 N–H and O–H groups in total. The van der Waals surface area contributed by atoms with Gasteiger partial charge >= 0.3 is 0 Å². The highest BCUT2D eigenvalue weighted by Gasteiger charge is 2.45. The third-order valence-corrected chi connectivity index (χ3v) is 3.69. The molecule has 0 bridgehead atoms. The van der Waals surface area contributed by atoms with Crippen molar-refractivity contribution in [2.45, 2.75) is 46.0 Å². The van der Waals surface area contributed by atoms with Crippen LogP contribution in [0.15, 0.2) is 5.16 Å². The van der Waals surface area contributed by atoms with Gasteiger partial charge in [-0.25, -0.2) is 0 Å². The van der Waals surface area contributed by atoms with Crippen molar-refractivity contribution in [3.05, 3.63) is 0 Å². The minimum absolute atomic E-state index is 0.0311. The lowest BCUT2D eigenvalue weighted by atomic mass is 9.84. The van der Waals surface area contributed by atoms with Crippen LogP contribution in [0, 0.1) is 11.3 Å². The summed E-state index contributed by atoms with van der Waals surface area (Å²) in [5.41, 5.74) is 4.90. The van der Waals surface area contributed by atoms with E-state index in [9.17, 15) is 4.79 Å². The number of nitrogens with one attached hydrogen (secondary N) is 1. The van der Waals surface area contributed by atoms with E-state index in [-0.39, 0.29) is 11.7 Å². The number of hydrogen-bond acceptors (Lipinski definition) is 4. The maximum atomic E-state index is 12.3. The second-order valence-electron chi connectivity index (χ2n) is 5.85. The first-order valence-electron chi connectivity index (χ1n) is 7.37. The fourth-order valence-corrected chi connectivity index (χ4v) is 2.54. The number of amides is 1. The minimum Gasteiger partial charge on any atom is -0.409 e. The average molecular weight is 285 g/mol. The molecular weight excluding hydrogens is 258 g/mol. The normalized spacial score (nSPS) is 18.4. The van der Waals surface area contributed by atoms with Crippen LogP contribution in [0.1, 0.15) is 46.0 Å². The van der Waals surface area contributed by atoms with Crippen LogP contribution in [0.4, 0.5) is 0 Å². The Hall–Kier alpha value is -1.30. The molecule has 1 amide bonds. The average Bonchev–Trinajstić information content (AvgIpc) is 2.91. The lowest BCUT2D eigenvalue weighted by molar-refractivity contribution is -0.127. The summed E-state index contributed by atoms with van der Waals surface area (Å²) < 4.78 is 5.46. The third kappa shape index (κ3) is 4.37. The standard InChI is InChI=1S/C14H27N3O3/c1-11(2)10-20-9-5-8-16-13(18)14(12(15)17-19)6-3-4-7-14/h11,19H,3-10H2,1-2H3,(H2,15,17)(H,16,18). The molecule has 0 heterocycles. The number of nitrogens with two attached hydrogens (primary N) is 1. The van der Waals surface area contributed by atoms with Gasteiger partial charge in [0, 0.05) is 19.8 Å². The van der Waals surface area contributed by atoms with E-state index in [0.29, 0.717) is 31.9 Å². The number of nitrogens with zero attached hydrogens (tertiary/aromatic N) is 1.